The van der Waals surface area contributed by atoms with E-state index in [1.54, 1.807) is 0 Å². The summed E-state index contributed by atoms with van der Waals surface area (Å²) in [5.41, 5.74) is 0. The first-order valence-electron chi connectivity index (χ1n) is 3.55. The first-order valence-corrected chi connectivity index (χ1v) is 3.55. The zero-order valence-electron chi connectivity index (χ0n) is 10.4. The van der Waals surface area contributed by atoms with Gasteiger partial charge in [-0.25, -0.2) is 0 Å². The van der Waals surface area contributed by atoms with Crippen molar-refractivity contribution in [3.05, 3.63) is 0 Å². The number of aliphatic carboxylic acids is 2. The average molecular weight is 192 g/mol. The molecule has 0 atom stereocenters. The second-order valence-corrected chi connectivity index (χ2v) is 2.37. The summed E-state index contributed by atoms with van der Waals surface area (Å²) in [5.74, 6) is -3.72. The molecule has 0 saturated heterocycles. The van der Waals surface area contributed by atoms with E-state index < -0.39 is 17.9 Å². The summed E-state index contributed by atoms with van der Waals surface area (Å²) < 4.78 is 0. The predicted octanol–water partition coefficient (Wildman–Crippen LogP) is -4.80. The molecule has 0 aromatic rings. The van der Waals surface area contributed by atoms with Gasteiger partial charge in [0.05, 0.1) is 0 Å². The normalized spacial score (nSPS) is 8.46. The van der Waals surface area contributed by atoms with Gasteiger partial charge in [-0.1, -0.05) is 19.8 Å². The van der Waals surface area contributed by atoms with Crippen LogP contribution in [0.3, 0.4) is 0 Å². The van der Waals surface area contributed by atoms with Gasteiger partial charge in [-0.05, 0) is 6.42 Å². The minimum Gasteiger partial charge on any atom is -1.00 e. The largest absolute Gasteiger partial charge is 1.00 e. The average Bonchev–Trinajstić information content (AvgIpc) is 1.87. The van der Waals surface area contributed by atoms with E-state index in [1.165, 1.54) is 0 Å². The van der Waals surface area contributed by atoms with Crippen LogP contribution < -0.4 is 48.4 Å². The SMILES string of the molecule is CCCCC(C(=O)O)C(=O)O.[H-].[H-].[Li+].[Na+]. The molecule has 0 saturated carbocycles. The molecule has 0 aliphatic carbocycles. The van der Waals surface area contributed by atoms with Gasteiger partial charge in [0.15, 0.2) is 5.92 Å². The van der Waals surface area contributed by atoms with E-state index in [-0.39, 0.29) is 57.7 Å². The second kappa shape index (κ2) is 10.6. The van der Waals surface area contributed by atoms with Crippen LogP contribution in [-0.4, -0.2) is 22.2 Å². The van der Waals surface area contributed by atoms with Crippen LogP contribution in [-0.2, 0) is 9.59 Å². The Balaban J connectivity index is -0.0000000833. The van der Waals surface area contributed by atoms with Crippen LogP contribution in [0.1, 0.15) is 29.0 Å². The third-order valence-corrected chi connectivity index (χ3v) is 1.44. The zero-order chi connectivity index (χ0) is 8.85. The molecule has 0 aliphatic heterocycles. The summed E-state index contributed by atoms with van der Waals surface area (Å²) >= 11 is 0. The number of rotatable bonds is 5. The fourth-order valence-corrected chi connectivity index (χ4v) is 0.761. The molecule has 68 valence electrons. The fourth-order valence-electron chi connectivity index (χ4n) is 0.761. The summed E-state index contributed by atoms with van der Waals surface area (Å²) in [7, 11) is 0. The van der Waals surface area contributed by atoms with Crippen molar-refractivity contribution in [3.63, 3.8) is 0 Å². The van der Waals surface area contributed by atoms with Crippen LogP contribution in [0.4, 0.5) is 0 Å². The van der Waals surface area contributed by atoms with Crippen LogP contribution in [0.25, 0.3) is 0 Å². The maximum atomic E-state index is 10.3. The first-order chi connectivity index (χ1) is 5.09. The third kappa shape index (κ3) is 8.86. The Morgan fingerprint density at radius 2 is 1.69 bits per heavy atom. The van der Waals surface area contributed by atoms with Crippen molar-refractivity contribution in [3.8, 4) is 0 Å². The van der Waals surface area contributed by atoms with Gasteiger partial charge in [-0.15, -0.1) is 0 Å². The van der Waals surface area contributed by atoms with Gasteiger partial charge in [0.25, 0.3) is 0 Å². The smallest absolute Gasteiger partial charge is 1.00 e. The Hall–Kier alpha value is 0.537. The summed E-state index contributed by atoms with van der Waals surface area (Å²) in [4.78, 5) is 20.5. The number of carboxylic acid groups (broad SMARTS) is 2. The topological polar surface area (TPSA) is 74.6 Å². The van der Waals surface area contributed by atoms with E-state index in [0.29, 0.717) is 6.42 Å². The van der Waals surface area contributed by atoms with Crippen molar-refractivity contribution in [2.45, 2.75) is 26.2 Å². The van der Waals surface area contributed by atoms with Gasteiger partial charge >= 0.3 is 60.4 Å². The molecule has 0 spiro atoms. The molecule has 0 aromatic heterocycles. The summed E-state index contributed by atoms with van der Waals surface area (Å²) in [6.07, 6.45) is 1.68. The van der Waals surface area contributed by atoms with Gasteiger partial charge in [-0.3, -0.25) is 9.59 Å². The second-order valence-electron chi connectivity index (χ2n) is 2.37. The number of hydrogen-bond donors (Lipinski definition) is 2. The fraction of sp³-hybridized carbons (Fsp3) is 0.714. The number of unbranched alkanes of at least 4 members (excludes halogenated alkanes) is 1. The number of carboxylic acids is 2. The molecule has 6 heteroatoms. The van der Waals surface area contributed by atoms with E-state index in [4.69, 9.17) is 10.2 Å². The molecule has 0 bridgehead atoms. The molecule has 0 fully saturated rings. The van der Waals surface area contributed by atoms with Crippen molar-refractivity contribution in [2.75, 3.05) is 0 Å². The van der Waals surface area contributed by atoms with Crippen LogP contribution >= 0.6 is 0 Å². The van der Waals surface area contributed by atoms with Crippen molar-refractivity contribution >= 4 is 11.9 Å². The zero-order valence-corrected chi connectivity index (χ0v) is 10.4. The van der Waals surface area contributed by atoms with Crippen LogP contribution in [0.2, 0.25) is 0 Å². The molecule has 0 unspecified atom stereocenters. The molecule has 0 aromatic carbocycles. The maximum Gasteiger partial charge on any atom is 1.00 e. The molecule has 0 radical (unpaired) electrons. The Kier molecular flexibility index (Phi) is 15.7. The standard InChI is InChI=1S/C7H12O4.Li.Na.2H/c1-2-3-4-5(6(8)9)7(10)11;;;;/h5H,2-4H2,1H3,(H,8,9)(H,10,11);;;;/q;2*+1;2*-1. The molecule has 0 heterocycles. The molecular formula is C7H14LiNaO4. The van der Waals surface area contributed by atoms with Gasteiger partial charge in [0, 0.05) is 0 Å². The van der Waals surface area contributed by atoms with E-state index in [9.17, 15) is 9.59 Å². The van der Waals surface area contributed by atoms with Gasteiger partial charge in [-0.2, -0.15) is 0 Å². The Bertz CT molecular complexity index is 157. The monoisotopic (exact) mass is 192 g/mol. The minimum absolute atomic E-state index is 0. The Labute approximate surface area is 115 Å². The molecule has 0 rings (SSSR count). The first kappa shape index (κ1) is 19.2. The van der Waals surface area contributed by atoms with E-state index >= 15 is 0 Å². The number of carbonyl (C=O) groups is 2. The van der Waals surface area contributed by atoms with Crippen molar-refractivity contribution in [1.82, 2.24) is 0 Å². The summed E-state index contributed by atoms with van der Waals surface area (Å²) in [6, 6.07) is 0. The van der Waals surface area contributed by atoms with Gasteiger partial charge in [0.1, 0.15) is 0 Å². The molecule has 4 nitrogen and oxygen atoms in total. The number of hydrogen-bond acceptors (Lipinski definition) is 2. The predicted molar refractivity (Wildman–Crippen MR) is 40.5 cm³/mol. The third-order valence-electron chi connectivity index (χ3n) is 1.44. The molecular weight excluding hydrogens is 178 g/mol. The Morgan fingerprint density at radius 1 is 1.31 bits per heavy atom. The Morgan fingerprint density at radius 3 is 1.92 bits per heavy atom. The minimum atomic E-state index is -1.24. The molecule has 2 N–H and O–H groups in total. The van der Waals surface area contributed by atoms with Crippen LogP contribution in [0, 0.1) is 5.92 Å². The van der Waals surface area contributed by atoms with Crippen molar-refractivity contribution in [2.24, 2.45) is 5.92 Å². The van der Waals surface area contributed by atoms with E-state index in [2.05, 4.69) is 0 Å². The van der Waals surface area contributed by atoms with Gasteiger partial charge < -0.3 is 13.1 Å². The van der Waals surface area contributed by atoms with Crippen molar-refractivity contribution < 1.29 is 71.1 Å². The summed E-state index contributed by atoms with van der Waals surface area (Å²) in [6.45, 7) is 1.89. The van der Waals surface area contributed by atoms with E-state index in [0.717, 1.165) is 6.42 Å². The summed E-state index contributed by atoms with van der Waals surface area (Å²) in [5, 5.41) is 16.8. The van der Waals surface area contributed by atoms with Crippen LogP contribution in [0.5, 0.6) is 0 Å². The van der Waals surface area contributed by atoms with Crippen molar-refractivity contribution in [1.29, 1.82) is 0 Å². The van der Waals surface area contributed by atoms with Gasteiger partial charge in [0.2, 0.25) is 0 Å². The van der Waals surface area contributed by atoms with E-state index in [1.807, 2.05) is 6.92 Å². The molecule has 0 amide bonds. The molecule has 0 aliphatic rings. The maximum absolute atomic E-state index is 10.3. The van der Waals surface area contributed by atoms with Crippen LogP contribution in [0.15, 0.2) is 0 Å². The quantitative estimate of drug-likeness (QED) is 0.338. The molecule has 13 heavy (non-hydrogen) atoms.